The summed E-state index contributed by atoms with van der Waals surface area (Å²) >= 11 is 0. The van der Waals surface area contributed by atoms with Gasteiger partial charge in [0.2, 0.25) is 0 Å². The van der Waals surface area contributed by atoms with Crippen LogP contribution < -0.4 is 15.2 Å². The monoisotopic (exact) mass is 273 g/mol. The van der Waals surface area contributed by atoms with Crippen molar-refractivity contribution in [2.75, 3.05) is 18.9 Å². The SMILES string of the molecule is CCOc1cc(N)cc(Oc2ccc(CCO)cc2)c1. The van der Waals surface area contributed by atoms with Gasteiger partial charge in [-0.25, -0.2) is 0 Å². The summed E-state index contributed by atoms with van der Waals surface area (Å²) in [7, 11) is 0. The molecule has 20 heavy (non-hydrogen) atoms. The lowest BCUT2D eigenvalue weighted by molar-refractivity contribution is 0.299. The van der Waals surface area contributed by atoms with E-state index in [9.17, 15) is 0 Å². The minimum absolute atomic E-state index is 0.146. The van der Waals surface area contributed by atoms with Crippen molar-refractivity contribution < 1.29 is 14.6 Å². The number of benzene rings is 2. The van der Waals surface area contributed by atoms with E-state index in [-0.39, 0.29) is 6.61 Å². The highest BCUT2D eigenvalue weighted by atomic mass is 16.5. The summed E-state index contributed by atoms with van der Waals surface area (Å²) in [6.45, 7) is 2.65. The van der Waals surface area contributed by atoms with Crippen LogP contribution in [-0.2, 0) is 6.42 Å². The van der Waals surface area contributed by atoms with Crippen LogP contribution in [0.3, 0.4) is 0 Å². The number of ether oxygens (including phenoxy) is 2. The molecule has 0 saturated carbocycles. The quantitative estimate of drug-likeness (QED) is 0.794. The number of nitrogen functional groups attached to an aromatic ring is 1. The topological polar surface area (TPSA) is 64.7 Å². The molecular formula is C16H19NO3. The molecule has 0 spiro atoms. The molecule has 0 atom stereocenters. The third-order valence-electron chi connectivity index (χ3n) is 2.77. The summed E-state index contributed by atoms with van der Waals surface area (Å²) < 4.78 is 11.2. The first-order valence-electron chi connectivity index (χ1n) is 6.62. The molecule has 0 unspecified atom stereocenters. The Morgan fingerprint density at radius 3 is 2.35 bits per heavy atom. The first-order chi connectivity index (χ1) is 9.71. The Hall–Kier alpha value is -2.20. The van der Waals surface area contributed by atoms with Gasteiger partial charge in [-0.05, 0) is 31.0 Å². The van der Waals surface area contributed by atoms with Crippen molar-refractivity contribution in [3.8, 4) is 17.2 Å². The van der Waals surface area contributed by atoms with E-state index in [0.29, 0.717) is 30.2 Å². The second-order valence-corrected chi connectivity index (χ2v) is 4.39. The van der Waals surface area contributed by atoms with Gasteiger partial charge < -0.3 is 20.3 Å². The third kappa shape index (κ3) is 3.90. The smallest absolute Gasteiger partial charge is 0.133 e. The van der Waals surface area contributed by atoms with Gasteiger partial charge in [0.05, 0.1) is 6.61 Å². The number of hydrogen-bond donors (Lipinski definition) is 2. The van der Waals surface area contributed by atoms with Gasteiger partial charge in [-0.2, -0.15) is 0 Å². The first-order valence-corrected chi connectivity index (χ1v) is 6.62. The van der Waals surface area contributed by atoms with Crippen LogP contribution in [0.15, 0.2) is 42.5 Å². The molecule has 0 aliphatic carbocycles. The van der Waals surface area contributed by atoms with Crippen molar-refractivity contribution in [3.63, 3.8) is 0 Å². The Bertz CT molecular complexity index is 552. The molecular weight excluding hydrogens is 254 g/mol. The number of nitrogens with two attached hydrogens (primary N) is 1. The number of anilines is 1. The van der Waals surface area contributed by atoms with E-state index >= 15 is 0 Å². The van der Waals surface area contributed by atoms with Crippen LogP contribution in [0, 0.1) is 0 Å². The van der Waals surface area contributed by atoms with Crippen molar-refractivity contribution in [2.45, 2.75) is 13.3 Å². The zero-order valence-electron chi connectivity index (χ0n) is 11.5. The Balaban J connectivity index is 2.12. The second-order valence-electron chi connectivity index (χ2n) is 4.39. The molecule has 106 valence electrons. The lowest BCUT2D eigenvalue weighted by Gasteiger charge is -2.10. The second kappa shape index (κ2) is 6.82. The van der Waals surface area contributed by atoms with Crippen molar-refractivity contribution in [1.82, 2.24) is 0 Å². The van der Waals surface area contributed by atoms with E-state index < -0.39 is 0 Å². The summed E-state index contributed by atoms with van der Waals surface area (Å²) in [5, 5.41) is 8.88. The fourth-order valence-corrected chi connectivity index (χ4v) is 1.89. The summed E-state index contributed by atoms with van der Waals surface area (Å²) in [5.74, 6) is 2.06. The highest BCUT2D eigenvalue weighted by Crippen LogP contribution is 2.28. The lowest BCUT2D eigenvalue weighted by atomic mass is 10.1. The predicted octanol–water partition coefficient (Wildman–Crippen LogP) is 2.99. The largest absolute Gasteiger partial charge is 0.494 e. The van der Waals surface area contributed by atoms with Gasteiger partial charge in [-0.15, -0.1) is 0 Å². The van der Waals surface area contributed by atoms with E-state index in [4.69, 9.17) is 20.3 Å². The maximum Gasteiger partial charge on any atom is 0.133 e. The van der Waals surface area contributed by atoms with Crippen LogP contribution in [0.4, 0.5) is 5.69 Å². The average Bonchev–Trinajstić information content (AvgIpc) is 2.41. The molecule has 0 bridgehead atoms. The normalized spacial score (nSPS) is 10.3. The zero-order chi connectivity index (χ0) is 14.4. The highest BCUT2D eigenvalue weighted by Gasteiger charge is 2.03. The van der Waals surface area contributed by atoms with E-state index in [1.807, 2.05) is 37.3 Å². The van der Waals surface area contributed by atoms with Gasteiger partial charge in [-0.3, -0.25) is 0 Å². The minimum Gasteiger partial charge on any atom is -0.494 e. The molecule has 2 rings (SSSR count). The number of rotatable bonds is 6. The molecule has 4 heteroatoms. The van der Waals surface area contributed by atoms with Gasteiger partial charge in [0.25, 0.3) is 0 Å². The zero-order valence-corrected chi connectivity index (χ0v) is 11.5. The fraction of sp³-hybridized carbons (Fsp3) is 0.250. The molecule has 0 aliphatic heterocycles. The number of hydrogen-bond acceptors (Lipinski definition) is 4. The lowest BCUT2D eigenvalue weighted by Crippen LogP contribution is -1.95. The summed E-state index contributed by atoms with van der Waals surface area (Å²) in [4.78, 5) is 0. The Labute approximate surface area is 118 Å². The molecule has 2 aromatic rings. The predicted molar refractivity (Wildman–Crippen MR) is 79.3 cm³/mol. The van der Waals surface area contributed by atoms with Crippen LogP contribution in [-0.4, -0.2) is 18.3 Å². The average molecular weight is 273 g/mol. The molecule has 0 heterocycles. The van der Waals surface area contributed by atoms with Crippen molar-refractivity contribution in [2.24, 2.45) is 0 Å². The number of aliphatic hydroxyl groups excluding tert-OH is 1. The molecule has 0 aromatic heterocycles. The van der Waals surface area contributed by atoms with Crippen LogP contribution in [0.2, 0.25) is 0 Å². The first kappa shape index (κ1) is 14.2. The van der Waals surface area contributed by atoms with E-state index in [0.717, 1.165) is 11.3 Å². The van der Waals surface area contributed by atoms with Crippen LogP contribution in [0.5, 0.6) is 17.2 Å². The molecule has 0 fully saturated rings. The van der Waals surface area contributed by atoms with E-state index in [1.54, 1.807) is 12.1 Å². The fourth-order valence-electron chi connectivity index (χ4n) is 1.89. The molecule has 0 saturated heterocycles. The van der Waals surface area contributed by atoms with E-state index in [1.165, 1.54) is 0 Å². The molecule has 0 aliphatic rings. The summed E-state index contributed by atoms with van der Waals surface area (Å²) in [6.07, 6.45) is 0.646. The van der Waals surface area contributed by atoms with Crippen LogP contribution >= 0.6 is 0 Å². The van der Waals surface area contributed by atoms with Gasteiger partial charge in [-0.1, -0.05) is 12.1 Å². The molecule has 0 amide bonds. The highest BCUT2D eigenvalue weighted by molar-refractivity contribution is 5.51. The van der Waals surface area contributed by atoms with Gasteiger partial charge in [0.1, 0.15) is 17.2 Å². The summed E-state index contributed by atoms with van der Waals surface area (Å²) in [5.41, 5.74) is 7.49. The Morgan fingerprint density at radius 2 is 1.70 bits per heavy atom. The summed E-state index contributed by atoms with van der Waals surface area (Å²) in [6, 6.07) is 12.9. The Morgan fingerprint density at radius 1 is 1.00 bits per heavy atom. The molecule has 0 radical (unpaired) electrons. The molecule has 3 N–H and O–H groups in total. The van der Waals surface area contributed by atoms with Gasteiger partial charge in [0, 0.05) is 30.5 Å². The van der Waals surface area contributed by atoms with Crippen molar-refractivity contribution in [3.05, 3.63) is 48.0 Å². The van der Waals surface area contributed by atoms with Gasteiger partial charge >= 0.3 is 0 Å². The van der Waals surface area contributed by atoms with E-state index in [2.05, 4.69) is 0 Å². The standard InChI is InChI=1S/C16H19NO3/c1-2-19-15-9-13(17)10-16(11-15)20-14-5-3-12(4-6-14)7-8-18/h3-6,9-11,18H,2,7-8,17H2,1H3. The van der Waals surface area contributed by atoms with Crippen molar-refractivity contribution >= 4 is 5.69 Å². The molecule has 4 nitrogen and oxygen atoms in total. The maximum atomic E-state index is 8.88. The molecule has 2 aromatic carbocycles. The third-order valence-corrected chi connectivity index (χ3v) is 2.77. The van der Waals surface area contributed by atoms with Crippen LogP contribution in [0.1, 0.15) is 12.5 Å². The minimum atomic E-state index is 0.146. The Kier molecular flexibility index (Phi) is 4.85. The van der Waals surface area contributed by atoms with Crippen molar-refractivity contribution in [1.29, 1.82) is 0 Å². The number of aliphatic hydroxyl groups is 1. The van der Waals surface area contributed by atoms with Gasteiger partial charge in [0.15, 0.2) is 0 Å². The van der Waals surface area contributed by atoms with Crippen LogP contribution in [0.25, 0.3) is 0 Å². The maximum absolute atomic E-state index is 8.88.